The van der Waals surface area contributed by atoms with Gasteiger partial charge in [-0.25, -0.2) is 4.79 Å². The van der Waals surface area contributed by atoms with Crippen LogP contribution in [0.3, 0.4) is 0 Å². The summed E-state index contributed by atoms with van der Waals surface area (Å²) in [6.07, 6.45) is 4.56. The minimum absolute atomic E-state index is 0.301. The molecule has 0 aromatic heterocycles. The fourth-order valence-electron chi connectivity index (χ4n) is 1.01. The molecule has 0 fully saturated rings. The molecule has 0 bridgehead atoms. The van der Waals surface area contributed by atoms with Crippen molar-refractivity contribution in [3.63, 3.8) is 0 Å². The summed E-state index contributed by atoms with van der Waals surface area (Å²) < 4.78 is 4.93. The van der Waals surface area contributed by atoms with E-state index < -0.39 is 0 Å². The first-order valence-electron chi connectivity index (χ1n) is 5.61. The van der Waals surface area contributed by atoms with Crippen LogP contribution in [0.25, 0.3) is 0 Å². The number of nitrogens with one attached hydrogen (secondary N) is 1. The van der Waals surface area contributed by atoms with Gasteiger partial charge in [0.15, 0.2) is 0 Å². The minimum Gasteiger partial charge on any atom is -0.450 e. The van der Waals surface area contributed by atoms with E-state index in [0.717, 1.165) is 32.1 Å². The Morgan fingerprint density at radius 1 is 1.33 bits per heavy atom. The summed E-state index contributed by atoms with van der Waals surface area (Å²) in [4.78, 5) is 11.0. The van der Waals surface area contributed by atoms with Gasteiger partial charge < -0.3 is 10.1 Å². The lowest BCUT2D eigenvalue weighted by Crippen LogP contribution is -2.25. The SMILES string of the molecule is CC#CCCCCNC(=O)OCCCC. The number of hydrogen-bond acceptors (Lipinski definition) is 2. The third-order valence-electron chi connectivity index (χ3n) is 1.91. The van der Waals surface area contributed by atoms with Crippen molar-refractivity contribution in [1.29, 1.82) is 0 Å². The third kappa shape index (κ3) is 10.8. The number of ether oxygens (including phenoxy) is 1. The van der Waals surface area contributed by atoms with Gasteiger partial charge in [-0.15, -0.1) is 11.8 Å². The molecule has 0 atom stereocenters. The highest BCUT2D eigenvalue weighted by Crippen LogP contribution is 1.93. The zero-order valence-corrected chi connectivity index (χ0v) is 9.77. The van der Waals surface area contributed by atoms with Crippen LogP contribution in [0.5, 0.6) is 0 Å². The number of rotatable bonds is 7. The van der Waals surface area contributed by atoms with E-state index in [4.69, 9.17) is 4.74 Å². The molecular formula is C12H21NO2. The van der Waals surface area contributed by atoms with Gasteiger partial charge in [0.05, 0.1) is 6.61 Å². The van der Waals surface area contributed by atoms with Gasteiger partial charge >= 0.3 is 6.09 Å². The summed E-state index contributed by atoms with van der Waals surface area (Å²) in [6.45, 7) is 5.10. The molecule has 0 aromatic rings. The summed E-state index contributed by atoms with van der Waals surface area (Å²) in [5.74, 6) is 5.82. The van der Waals surface area contributed by atoms with Crippen LogP contribution in [-0.4, -0.2) is 19.2 Å². The summed E-state index contributed by atoms with van der Waals surface area (Å²) in [7, 11) is 0. The first-order valence-corrected chi connectivity index (χ1v) is 5.61. The Balaban J connectivity index is 3.19. The van der Waals surface area contributed by atoms with Gasteiger partial charge in [0.1, 0.15) is 0 Å². The van der Waals surface area contributed by atoms with Crippen molar-refractivity contribution < 1.29 is 9.53 Å². The zero-order valence-electron chi connectivity index (χ0n) is 9.77. The highest BCUT2D eigenvalue weighted by atomic mass is 16.5. The van der Waals surface area contributed by atoms with Crippen molar-refractivity contribution in [2.75, 3.05) is 13.2 Å². The second-order valence-electron chi connectivity index (χ2n) is 3.30. The summed E-state index contributed by atoms with van der Waals surface area (Å²) >= 11 is 0. The first kappa shape index (κ1) is 13.8. The van der Waals surface area contributed by atoms with Crippen molar-refractivity contribution in [2.45, 2.75) is 46.0 Å². The van der Waals surface area contributed by atoms with Crippen LogP contribution in [-0.2, 0) is 4.74 Å². The quantitative estimate of drug-likeness (QED) is 0.519. The zero-order chi connectivity index (χ0) is 11.4. The molecule has 0 aliphatic rings. The Labute approximate surface area is 92.6 Å². The lowest BCUT2D eigenvalue weighted by molar-refractivity contribution is 0.144. The van der Waals surface area contributed by atoms with E-state index in [2.05, 4.69) is 24.1 Å². The van der Waals surface area contributed by atoms with Gasteiger partial charge in [-0.1, -0.05) is 13.3 Å². The maximum absolute atomic E-state index is 11.0. The monoisotopic (exact) mass is 211 g/mol. The third-order valence-corrected chi connectivity index (χ3v) is 1.91. The maximum atomic E-state index is 11.0. The molecule has 3 heteroatoms. The predicted molar refractivity (Wildman–Crippen MR) is 61.6 cm³/mol. The molecule has 0 saturated carbocycles. The van der Waals surface area contributed by atoms with Crippen LogP contribution >= 0.6 is 0 Å². The number of carbonyl (C=O) groups is 1. The summed E-state index contributed by atoms with van der Waals surface area (Å²) in [5.41, 5.74) is 0. The molecule has 0 aliphatic heterocycles. The highest BCUT2D eigenvalue weighted by molar-refractivity contribution is 5.66. The van der Waals surface area contributed by atoms with Gasteiger partial charge in [-0.2, -0.15) is 0 Å². The normalized spacial score (nSPS) is 8.93. The topological polar surface area (TPSA) is 38.3 Å². The number of unbranched alkanes of at least 4 members (excludes halogenated alkanes) is 3. The predicted octanol–water partition coefficient (Wildman–Crippen LogP) is 2.71. The lowest BCUT2D eigenvalue weighted by Gasteiger charge is -2.05. The van der Waals surface area contributed by atoms with Crippen LogP contribution in [0.15, 0.2) is 0 Å². The van der Waals surface area contributed by atoms with E-state index in [1.54, 1.807) is 0 Å². The average Bonchev–Trinajstić information content (AvgIpc) is 2.23. The molecular weight excluding hydrogens is 190 g/mol. The Hall–Kier alpha value is -1.17. The standard InChI is InChI=1S/C12H21NO2/c1-3-5-7-8-9-10-13-12(14)15-11-6-4-2/h4,6-11H2,1-2H3,(H,13,14). The molecule has 3 nitrogen and oxygen atoms in total. The van der Waals surface area contributed by atoms with Crippen molar-refractivity contribution >= 4 is 6.09 Å². The molecule has 0 radical (unpaired) electrons. The number of alkyl carbamates (subject to hydrolysis) is 1. The minimum atomic E-state index is -0.301. The van der Waals surface area contributed by atoms with Crippen LogP contribution < -0.4 is 5.32 Å². The lowest BCUT2D eigenvalue weighted by atomic mass is 10.2. The van der Waals surface area contributed by atoms with E-state index in [1.807, 2.05) is 6.92 Å². The number of carbonyl (C=O) groups excluding carboxylic acids is 1. The van der Waals surface area contributed by atoms with Crippen LogP contribution in [0.2, 0.25) is 0 Å². The molecule has 0 heterocycles. The second kappa shape index (κ2) is 10.9. The summed E-state index contributed by atoms with van der Waals surface area (Å²) in [6, 6.07) is 0. The highest BCUT2D eigenvalue weighted by Gasteiger charge is 1.98. The average molecular weight is 211 g/mol. The second-order valence-corrected chi connectivity index (χ2v) is 3.30. The van der Waals surface area contributed by atoms with Crippen LogP contribution in [0, 0.1) is 11.8 Å². The molecule has 0 aliphatic carbocycles. The molecule has 0 unspecified atom stereocenters. The van der Waals surface area contributed by atoms with Gasteiger partial charge in [-0.3, -0.25) is 0 Å². The smallest absolute Gasteiger partial charge is 0.407 e. The molecule has 0 rings (SSSR count). The molecule has 0 spiro atoms. The molecule has 0 saturated heterocycles. The van der Waals surface area contributed by atoms with Crippen LogP contribution in [0.4, 0.5) is 4.79 Å². The number of hydrogen-bond donors (Lipinski definition) is 1. The fourth-order valence-corrected chi connectivity index (χ4v) is 1.01. The Morgan fingerprint density at radius 3 is 2.80 bits per heavy atom. The van der Waals surface area contributed by atoms with E-state index in [1.165, 1.54) is 0 Å². The van der Waals surface area contributed by atoms with E-state index in [-0.39, 0.29) is 6.09 Å². The van der Waals surface area contributed by atoms with Gasteiger partial charge in [0, 0.05) is 13.0 Å². The molecule has 15 heavy (non-hydrogen) atoms. The molecule has 0 aromatic carbocycles. The van der Waals surface area contributed by atoms with Crippen molar-refractivity contribution in [2.24, 2.45) is 0 Å². The van der Waals surface area contributed by atoms with E-state index in [0.29, 0.717) is 13.2 Å². The Kier molecular flexibility index (Phi) is 10.1. The Morgan fingerprint density at radius 2 is 2.13 bits per heavy atom. The summed E-state index contributed by atoms with van der Waals surface area (Å²) in [5, 5.41) is 2.71. The van der Waals surface area contributed by atoms with E-state index in [9.17, 15) is 4.79 Å². The van der Waals surface area contributed by atoms with Crippen LogP contribution in [0.1, 0.15) is 46.0 Å². The molecule has 1 N–H and O–H groups in total. The number of amides is 1. The maximum Gasteiger partial charge on any atom is 0.407 e. The van der Waals surface area contributed by atoms with Crippen molar-refractivity contribution in [3.05, 3.63) is 0 Å². The van der Waals surface area contributed by atoms with Crippen molar-refractivity contribution in [1.82, 2.24) is 5.32 Å². The van der Waals surface area contributed by atoms with E-state index >= 15 is 0 Å². The van der Waals surface area contributed by atoms with Gasteiger partial charge in [-0.05, 0) is 26.2 Å². The Bertz CT molecular complexity index is 215. The molecule has 1 amide bonds. The van der Waals surface area contributed by atoms with Gasteiger partial charge in [0.2, 0.25) is 0 Å². The van der Waals surface area contributed by atoms with Gasteiger partial charge in [0.25, 0.3) is 0 Å². The fraction of sp³-hybridized carbons (Fsp3) is 0.750. The first-order chi connectivity index (χ1) is 7.31. The largest absolute Gasteiger partial charge is 0.450 e. The van der Waals surface area contributed by atoms with Crippen molar-refractivity contribution in [3.8, 4) is 11.8 Å². The molecule has 86 valence electrons.